The second-order valence-corrected chi connectivity index (χ2v) is 6.96. The van der Waals surface area contributed by atoms with Crippen LogP contribution in [0.2, 0.25) is 0 Å². The van der Waals surface area contributed by atoms with Gasteiger partial charge < -0.3 is 19.5 Å². The molecule has 26 heavy (non-hydrogen) atoms. The molecule has 1 N–H and O–H groups in total. The zero-order valence-electron chi connectivity index (χ0n) is 15.9. The van der Waals surface area contributed by atoms with Crippen LogP contribution in [0.4, 0.5) is 0 Å². The molecule has 0 aromatic carbocycles. The van der Waals surface area contributed by atoms with E-state index in [1.807, 2.05) is 12.5 Å². The minimum absolute atomic E-state index is 0. The maximum atomic E-state index is 5.38. The molecule has 2 unspecified atom stereocenters. The van der Waals surface area contributed by atoms with Gasteiger partial charge in [0.1, 0.15) is 0 Å². The summed E-state index contributed by atoms with van der Waals surface area (Å²) in [6.45, 7) is 9.88. The molecule has 1 saturated heterocycles. The van der Waals surface area contributed by atoms with Gasteiger partial charge in [-0.2, -0.15) is 0 Å². The van der Waals surface area contributed by atoms with Crippen molar-refractivity contribution in [3.63, 3.8) is 0 Å². The number of guanidine groups is 1. The lowest BCUT2D eigenvalue weighted by atomic mass is 9.93. The Labute approximate surface area is 174 Å². The number of piperidine rings is 1. The molecule has 0 aliphatic carbocycles. The van der Waals surface area contributed by atoms with Crippen molar-refractivity contribution in [2.24, 2.45) is 10.9 Å². The molecule has 0 amide bonds. The summed E-state index contributed by atoms with van der Waals surface area (Å²) < 4.78 is 7.62. The number of halogens is 1. The van der Waals surface area contributed by atoms with E-state index in [2.05, 4.69) is 45.9 Å². The van der Waals surface area contributed by atoms with Crippen molar-refractivity contribution >= 4 is 29.9 Å². The maximum Gasteiger partial charge on any atom is 0.193 e. The summed E-state index contributed by atoms with van der Waals surface area (Å²) in [5.74, 6) is 1.70. The molecule has 0 spiro atoms. The van der Waals surface area contributed by atoms with Crippen molar-refractivity contribution in [1.82, 2.24) is 19.8 Å². The number of imidazole rings is 1. The van der Waals surface area contributed by atoms with E-state index in [1.165, 1.54) is 12.0 Å². The number of hydrogen-bond acceptors (Lipinski definition) is 3. The topological polar surface area (TPSA) is 54.7 Å². The molecule has 2 atom stereocenters. The normalized spacial score (nSPS) is 24.0. The third kappa shape index (κ3) is 5.70. The van der Waals surface area contributed by atoms with Crippen molar-refractivity contribution < 1.29 is 4.74 Å². The zero-order valence-corrected chi connectivity index (χ0v) is 18.3. The second kappa shape index (κ2) is 10.9. The Morgan fingerprint density at radius 3 is 3.04 bits per heavy atom. The predicted octanol–water partition coefficient (Wildman–Crippen LogP) is 3.09. The summed E-state index contributed by atoms with van der Waals surface area (Å²) in [5.41, 5.74) is 1.48. The highest BCUT2D eigenvalue weighted by Gasteiger charge is 2.28. The highest BCUT2D eigenvalue weighted by Crippen LogP contribution is 2.27. The third-order valence-electron chi connectivity index (χ3n) is 5.21. The Morgan fingerprint density at radius 2 is 2.35 bits per heavy atom. The first-order valence-electron chi connectivity index (χ1n) is 9.54. The number of likely N-dealkylation sites (tertiary alicyclic amines) is 1. The molecule has 7 heteroatoms. The Hall–Kier alpha value is -1.09. The van der Waals surface area contributed by atoms with Gasteiger partial charge in [-0.25, -0.2) is 4.98 Å². The molecule has 1 fully saturated rings. The van der Waals surface area contributed by atoms with Gasteiger partial charge in [-0.3, -0.25) is 4.99 Å². The number of aliphatic imine (C=N–C) groups is 1. The first kappa shape index (κ1) is 21.2. The van der Waals surface area contributed by atoms with Crippen LogP contribution in [0.15, 0.2) is 35.4 Å². The predicted molar refractivity (Wildman–Crippen MR) is 116 cm³/mol. The fraction of sp³-hybridized carbons (Fsp3) is 0.684. The van der Waals surface area contributed by atoms with Crippen molar-refractivity contribution in [2.45, 2.75) is 39.2 Å². The third-order valence-corrected chi connectivity index (χ3v) is 5.21. The monoisotopic (exact) mass is 473 g/mol. The Kier molecular flexibility index (Phi) is 8.90. The highest BCUT2D eigenvalue weighted by molar-refractivity contribution is 14.0. The molecule has 6 nitrogen and oxygen atoms in total. The van der Waals surface area contributed by atoms with Crippen molar-refractivity contribution in [2.75, 3.05) is 39.4 Å². The summed E-state index contributed by atoms with van der Waals surface area (Å²) in [5, 5.41) is 3.48. The Balaban J connectivity index is 0.00000243. The fourth-order valence-electron chi connectivity index (χ4n) is 3.62. The first-order chi connectivity index (χ1) is 12.3. The van der Waals surface area contributed by atoms with E-state index in [9.17, 15) is 0 Å². The SMILES string of the molecule is CCNC(=NCCC1=CCOCC1)N1CCC(C)C(n2ccnc2)C1.I. The van der Waals surface area contributed by atoms with Crippen LogP contribution >= 0.6 is 24.0 Å². The van der Waals surface area contributed by atoms with Gasteiger partial charge in [-0.15, -0.1) is 24.0 Å². The van der Waals surface area contributed by atoms with Gasteiger partial charge in [0, 0.05) is 38.6 Å². The summed E-state index contributed by atoms with van der Waals surface area (Å²) >= 11 is 0. The quantitative estimate of drug-likeness (QED) is 0.309. The maximum absolute atomic E-state index is 5.38. The van der Waals surface area contributed by atoms with Gasteiger partial charge in [0.05, 0.1) is 25.6 Å². The van der Waals surface area contributed by atoms with Gasteiger partial charge in [-0.05, 0) is 32.1 Å². The molecule has 3 heterocycles. The summed E-state index contributed by atoms with van der Waals surface area (Å²) in [6, 6.07) is 0.457. The van der Waals surface area contributed by atoms with E-state index >= 15 is 0 Å². The standard InChI is InChI=1S/C19H31N5O.HI/c1-3-21-19(22-8-4-17-6-12-25-13-7-17)23-10-5-16(2)18(14-23)24-11-9-20-15-24;/h6,9,11,15-16,18H,3-5,7-8,10,12-14H2,1-2H3,(H,21,22);1H. The van der Waals surface area contributed by atoms with Crippen molar-refractivity contribution in [1.29, 1.82) is 0 Å². The first-order valence-corrected chi connectivity index (χ1v) is 9.54. The van der Waals surface area contributed by atoms with E-state index in [4.69, 9.17) is 9.73 Å². The van der Waals surface area contributed by atoms with Crippen LogP contribution in [0.3, 0.4) is 0 Å². The number of nitrogens with zero attached hydrogens (tertiary/aromatic N) is 4. The lowest BCUT2D eigenvalue weighted by Gasteiger charge is -2.39. The van der Waals surface area contributed by atoms with Crippen LogP contribution in [0, 0.1) is 5.92 Å². The van der Waals surface area contributed by atoms with Crippen LogP contribution in [0.5, 0.6) is 0 Å². The summed E-state index contributed by atoms with van der Waals surface area (Å²) in [6.07, 6.45) is 11.4. The molecule has 0 radical (unpaired) electrons. The van der Waals surface area contributed by atoms with Crippen LogP contribution in [-0.2, 0) is 4.74 Å². The van der Waals surface area contributed by atoms with E-state index in [-0.39, 0.29) is 24.0 Å². The van der Waals surface area contributed by atoms with Gasteiger partial charge in [0.2, 0.25) is 0 Å². The van der Waals surface area contributed by atoms with Crippen LogP contribution in [0.25, 0.3) is 0 Å². The molecule has 2 aliphatic heterocycles. The zero-order chi connectivity index (χ0) is 17.5. The number of rotatable bonds is 5. The minimum atomic E-state index is 0. The van der Waals surface area contributed by atoms with Gasteiger partial charge in [0.25, 0.3) is 0 Å². The van der Waals surface area contributed by atoms with Gasteiger partial charge in [0.15, 0.2) is 5.96 Å². The van der Waals surface area contributed by atoms with Crippen LogP contribution in [-0.4, -0.2) is 59.8 Å². The molecule has 2 aliphatic rings. The van der Waals surface area contributed by atoms with E-state index in [0.29, 0.717) is 12.0 Å². The molecular formula is C19H32IN5O. The number of aromatic nitrogens is 2. The Morgan fingerprint density at radius 1 is 1.46 bits per heavy atom. The van der Waals surface area contributed by atoms with Gasteiger partial charge in [-0.1, -0.05) is 18.6 Å². The smallest absolute Gasteiger partial charge is 0.193 e. The van der Waals surface area contributed by atoms with Gasteiger partial charge >= 0.3 is 0 Å². The molecule has 1 aromatic rings. The molecule has 1 aromatic heterocycles. The van der Waals surface area contributed by atoms with Crippen molar-refractivity contribution in [3.05, 3.63) is 30.4 Å². The van der Waals surface area contributed by atoms with E-state index < -0.39 is 0 Å². The lowest BCUT2D eigenvalue weighted by Crippen LogP contribution is -2.49. The number of nitrogens with one attached hydrogen (secondary N) is 1. The average Bonchev–Trinajstić information content (AvgIpc) is 3.17. The van der Waals surface area contributed by atoms with E-state index in [0.717, 1.165) is 58.2 Å². The molecule has 3 rings (SSSR count). The molecule has 0 bridgehead atoms. The lowest BCUT2D eigenvalue weighted by molar-refractivity contribution is 0.153. The summed E-state index contributed by atoms with van der Waals surface area (Å²) in [7, 11) is 0. The minimum Gasteiger partial charge on any atom is -0.377 e. The highest BCUT2D eigenvalue weighted by atomic mass is 127. The fourth-order valence-corrected chi connectivity index (χ4v) is 3.62. The van der Waals surface area contributed by atoms with Crippen LogP contribution in [0.1, 0.15) is 39.2 Å². The van der Waals surface area contributed by atoms with Crippen LogP contribution < -0.4 is 5.32 Å². The second-order valence-electron chi connectivity index (χ2n) is 6.96. The van der Waals surface area contributed by atoms with Crippen molar-refractivity contribution in [3.8, 4) is 0 Å². The van der Waals surface area contributed by atoms with E-state index in [1.54, 1.807) is 0 Å². The molecular weight excluding hydrogens is 441 g/mol. The number of hydrogen-bond donors (Lipinski definition) is 1. The summed E-state index contributed by atoms with van der Waals surface area (Å²) in [4.78, 5) is 11.5. The number of ether oxygens (including phenoxy) is 1. The largest absolute Gasteiger partial charge is 0.377 e. The molecule has 146 valence electrons. The molecule has 0 saturated carbocycles. The Bertz CT molecular complexity index is 587. The average molecular weight is 473 g/mol.